The lowest BCUT2D eigenvalue weighted by atomic mass is 9.95. The topological polar surface area (TPSA) is 86.3 Å². The van der Waals surface area contributed by atoms with Crippen LogP contribution in [0.2, 0.25) is 0 Å². The highest BCUT2D eigenvalue weighted by atomic mass is 32.2. The van der Waals surface area contributed by atoms with Gasteiger partial charge in [-0.1, -0.05) is 36.4 Å². The molecule has 152 valence electrons. The Morgan fingerprint density at radius 3 is 2.57 bits per heavy atom. The minimum atomic E-state index is -3.78. The highest BCUT2D eigenvalue weighted by Gasteiger charge is 2.43. The van der Waals surface area contributed by atoms with Gasteiger partial charge in [0.05, 0.1) is 17.0 Å². The van der Waals surface area contributed by atoms with Gasteiger partial charge in [0.1, 0.15) is 0 Å². The van der Waals surface area contributed by atoms with Crippen LogP contribution in [-0.2, 0) is 23.0 Å². The van der Waals surface area contributed by atoms with Crippen LogP contribution in [-0.4, -0.2) is 33.8 Å². The predicted molar refractivity (Wildman–Crippen MR) is 114 cm³/mol. The third-order valence-electron chi connectivity index (χ3n) is 5.75. The molecule has 0 radical (unpaired) electrons. The zero-order valence-corrected chi connectivity index (χ0v) is 17.0. The minimum Gasteiger partial charge on any atom is -0.387 e. The molecule has 5 rings (SSSR count). The van der Waals surface area contributed by atoms with E-state index in [4.69, 9.17) is 0 Å². The first-order valence-electron chi connectivity index (χ1n) is 9.78. The van der Waals surface area contributed by atoms with Crippen LogP contribution in [0.3, 0.4) is 0 Å². The SMILES string of the molecule is O=S1(=O)c2ccccc2[C@@H](O)[C@H](Cc2c[nH]c3ccccc23)N1Cc1ccncc1. The molecular weight excluding hydrogens is 398 g/mol. The van der Waals surface area contributed by atoms with Crippen molar-refractivity contribution in [3.8, 4) is 0 Å². The first-order valence-corrected chi connectivity index (χ1v) is 11.2. The van der Waals surface area contributed by atoms with E-state index in [1.165, 1.54) is 4.31 Å². The second-order valence-corrected chi connectivity index (χ2v) is 9.38. The predicted octanol–water partition coefficient (Wildman–Crippen LogP) is 3.41. The van der Waals surface area contributed by atoms with E-state index in [2.05, 4.69) is 9.97 Å². The van der Waals surface area contributed by atoms with Crippen LogP contribution < -0.4 is 0 Å². The van der Waals surface area contributed by atoms with Crippen LogP contribution in [0.25, 0.3) is 10.9 Å². The molecule has 2 aromatic carbocycles. The summed E-state index contributed by atoms with van der Waals surface area (Å²) in [6.45, 7) is 0.170. The van der Waals surface area contributed by atoms with Gasteiger partial charge < -0.3 is 10.1 Å². The Labute approximate surface area is 174 Å². The van der Waals surface area contributed by atoms with E-state index in [1.807, 2.05) is 30.5 Å². The molecule has 1 aliphatic rings. The lowest BCUT2D eigenvalue weighted by Gasteiger charge is -2.39. The van der Waals surface area contributed by atoms with Crippen LogP contribution in [0.5, 0.6) is 0 Å². The molecule has 4 aromatic rings. The van der Waals surface area contributed by atoms with Crippen molar-refractivity contribution in [1.82, 2.24) is 14.3 Å². The van der Waals surface area contributed by atoms with Gasteiger partial charge in [-0.15, -0.1) is 0 Å². The Bertz CT molecular complexity index is 1300. The molecule has 2 N–H and O–H groups in total. The second-order valence-electron chi connectivity index (χ2n) is 7.52. The number of hydrogen-bond donors (Lipinski definition) is 2. The number of aliphatic hydroxyl groups is 1. The van der Waals surface area contributed by atoms with Gasteiger partial charge in [0.25, 0.3) is 0 Å². The van der Waals surface area contributed by atoms with Gasteiger partial charge in [-0.25, -0.2) is 8.42 Å². The normalized spacial score (nSPS) is 20.8. The zero-order valence-electron chi connectivity index (χ0n) is 16.1. The quantitative estimate of drug-likeness (QED) is 0.531. The van der Waals surface area contributed by atoms with Gasteiger partial charge >= 0.3 is 0 Å². The van der Waals surface area contributed by atoms with Crippen molar-refractivity contribution in [1.29, 1.82) is 0 Å². The summed E-state index contributed by atoms with van der Waals surface area (Å²) in [5.41, 5.74) is 3.24. The number of aliphatic hydroxyl groups excluding tert-OH is 1. The molecule has 7 heteroatoms. The molecule has 0 saturated heterocycles. The smallest absolute Gasteiger partial charge is 0.244 e. The summed E-state index contributed by atoms with van der Waals surface area (Å²) in [7, 11) is -3.78. The van der Waals surface area contributed by atoms with E-state index in [1.54, 1.807) is 48.8 Å². The van der Waals surface area contributed by atoms with Crippen LogP contribution in [0.1, 0.15) is 22.8 Å². The summed E-state index contributed by atoms with van der Waals surface area (Å²) in [5, 5.41) is 12.3. The maximum Gasteiger partial charge on any atom is 0.244 e. The molecule has 0 bridgehead atoms. The third kappa shape index (κ3) is 3.11. The van der Waals surface area contributed by atoms with E-state index in [9.17, 15) is 13.5 Å². The van der Waals surface area contributed by atoms with Crippen LogP contribution >= 0.6 is 0 Å². The summed E-state index contributed by atoms with van der Waals surface area (Å²) in [5.74, 6) is 0. The standard InChI is InChI=1S/C23H21N3O3S/c27-23-19-6-2-4-8-22(19)30(28,29)26(15-16-9-11-24-12-10-16)21(23)13-17-14-25-20-7-3-1-5-18(17)20/h1-12,14,21,23,25,27H,13,15H2/t21-,23+/m0/s1. The number of benzene rings is 2. The third-order valence-corrected chi connectivity index (χ3v) is 7.70. The fraction of sp³-hybridized carbons (Fsp3) is 0.174. The van der Waals surface area contributed by atoms with Crippen molar-refractivity contribution in [3.05, 3.63) is 95.9 Å². The Morgan fingerprint density at radius 2 is 1.73 bits per heavy atom. The highest BCUT2D eigenvalue weighted by Crippen LogP contribution is 2.39. The first kappa shape index (κ1) is 19.0. The Balaban J connectivity index is 1.62. The number of H-pyrrole nitrogens is 1. The molecule has 30 heavy (non-hydrogen) atoms. The maximum atomic E-state index is 13.5. The van der Waals surface area contributed by atoms with Crippen molar-refractivity contribution >= 4 is 20.9 Å². The van der Waals surface area contributed by atoms with E-state index < -0.39 is 22.2 Å². The maximum absolute atomic E-state index is 13.5. The number of hydrogen-bond acceptors (Lipinski definition) is 4. The van der Waals surface area contributed by atoms with E-state index >= 15 is 0 Å². The molecule has 0 spiro atoms. The number of para-hydroxylation sites is 1. The Kier molecular flexibility index (Phi) is 4.66. The molecule has 2 aromatic heterocycles. The minimum absolute atomic E-state index is 0.168. The highest BCUT2D eigenvalue weighted by molar-refractivity contribution is 7.89. The van der Waals surface area contributed by atoms with Crippen LogP contribution in [0.15, 0.2) is 84.1 Å². The molecule has 1 aliphatic heterocycles. The van der Waals surface area contributed by atoms with Gasteiger partial charge in [0.2, 0.25) is 10.0 Å². The molecule has 6 nitrogen and oxygen atoms in total. The van der Waals surface area contributed by atoms with Gasteiger partial charge in [-0.2, -0.15) is 4.31 Å². The van der Waals surface area contributed by atoms with Crippen LogP contribution in [0, 0.1) is 0 Å². The number of rotatable bonds is 4. The molecule has 2 atom stereocenters. The summed E-state index contributed by atoms with van der Waals surface area (Å²) < 4.78 is 28.5. The molecule has 0 unspecified atom stereocenters. The average Bonchev–Trinajstić information content (AvgIpc) is 3.18. The van der Waals surface area contributed by atoms with E-state index in [-0.39, 0.29) is 11.4 Å². The number of pyridine rings is 1. The lowest BCUT2D eigenvalue weighted by molar-refractivity contribution is 0.0771. The number of aromatic amines is 1. The number of nitrogens with one attached hydrogen (secondary N) is 1. The van der Waals surface area contributed by atoms with E-state index in [0.717, 1.165) is 22.0 Å². The summed E-state index contributed by atoms with van der Waals surface area (Å²) >= 11 is 0. The molecule has 0 fully saturated rings. The van der Waals surface area contributed by atoms with Crippen molar-refractivity contribution in [3.63, 3.8) is 0 Å². The first-order chi connectivity index (χ1) is 14.6. The zero-order chi connectivity index (χ0) is 20.7. The molecule has 0 aliphatic carbocycles. The second kappa shape index (κ2) is 7.36. The molecule has 0 amide bonds. The number of aromatic nitrogens is 2. The monoisotopic (exact) mass is 419 g/mol. The molecular formula is C23H21N3O3S. The largest absolute Gasteiger partial charge is 0.387 e. The number of nitrogens with zero attached hydrogens (tertiary/aromatic N) is 2. The van der Waals surface area contributed by atoms with Gasteiger partial charge in [-0.3, -0.25) is 4.98 Å². The van der Waals surface area contributed by atoms with Gasteiger partial charge in [-0.05, 0) is 41.8 Å². The van der Waals surface area contributed by atoms with Gasteiger partial charge in [0, 0.05) is 41.6 Å². The van der Waals surface area contributed by atoms with Gasteiger partial charge in [0.15, 0.2) is 0 Å². The molecule has 3 heterocycles. The summed E-state index contributed by atoms with van der Waals surface area (Å²) in [6.07, 6.45) is 4.65. The Morgan fingerprint density at radius 1 is 1.00 bits per heavy atom. The average molecular weight is 420 g/mol. The fourth-order valence-corrected chi connectivity index (χ4v) is 6.09. The lowest BCUT2D eigenvalue weighted by Crippen LogP contribution is -2.48. The Hall–Kier alpha value is -3.00. The summed E-state index contributed by atoms with van der Waals surface area (Å²) in [4.78, 5) is 7.43. The van der Waals surface area contributed by atoms with E-state index in [0.29, 0.717) is 12.0 Å². The van der Waals surface area contributed by atoms with Crippen LogP contribution in [0.4, 0.5) is 0 Å². The van der Waals surface area contributed by atoms with Crippen molar-refractivity contribution in [2.24, 2.45) is 0 Å². The molecule has 0 saturated carbocycles. The number of fused-ring (bicyclic) bond motifs is 2. The summed E-state index contributed by atoms with van der Waals surface area (Å²) in [6, 6.07) is 17.6. The number of sulfonamides is 1. The fourth-order valence-electron chi connectivity index (χ4n) is 4.24. The van der Waals surface area contributed by atoms with Crippen molar-refractivity contribution in [2.45, 2.75) is 30.0 Å². The van der Waals surface area contributed by atoms with Crippen molar-refractivity contribution in [2.75, 3.05) is 0 Å². The van der Waals surface area contributed by atoms with Crippen molar-refractivity contribution < 1.29 is 13.5 Å².